The van der Waals surface area contributed by atoms with Gasteiger partial charge < -0.3 is 10.6 Å². The van der Waals surface area contributed by atoms with Crippen LogP contribution in [0.1, 0.15) is 19.4 Å². The maximum Gasteiger partial charge on any atom is 0.191 e. The predicted molar refractivity (Wildman–Crippen MR) is 104 cm³/mol. The monoisotopic (exact) mass is 345 g/mol. The van der Waals surface area contributed by atoms with Gasteiger partial charge in [0.25, 0.3) is 0 Å². The van der Waals surface area contributed by atoms with Crippen molar-refractivity contribution in [1.29, 1.82) is 0 Å². The quantitative estimate of drug-likeness (QED) is 0.598. The van der Waals surface area contributed by atoms with E-state index < -0.39 is 0 Å². The van der Waals surface area contributed by atoms with Crippen molar-refractivity contribution < 1.29 is 0 Å². The van der Waals surface area contributed by atoms with Crippen molar-refractivity contribution >= 4 is 17.7 Å². The molecule has 24 heavy (non-hydrogen) atoms. The number of guanidine groups is 1. The number of hydrogen-bond acceptors (Lipinski definition) is 3. The molecule has 5 nitrogen and oxygen atoms in total. The summed E-state index contributed by atoms with van der Waals surface area (Å²) in [6.45, 7) is 6.13. The number of rotatable bonds is 7. The lowest BCUT2D eigenvalue weighted by Crippen LogP contribution is -2.43. The molecule has 0 unspecified atom stereocenters. The second-order valence-electron chi connectivity index (χ2n) is 6.20. The summed E-state index contributed by atoms with van der Waals surface area (Å²) in [4.78, 5) is 4.27. The summed E-state index contributed by atoms with van der Waals surface area (Å²) < 4.78 is 2.10. The van der Waals surface area contributed by atoms with E-state index in [2.05, 4.69) is 47.0 Å². The van der Waals surface area contributed by atoms with Crippen LogP contribution in [0.2, 0.25) is 0 Å². The smallest absolute Gasteiger partial charge is 0.191 e. The zero-order chi connectivity index (χ0) is 17.4. The fraction of sp³-hybridized carbons (Fsp3) is 0.444. The summed E-state index contributed by atoms with van der Waals surface area (Å²) in [6.07, 6.45) is 7.02. The van der Waals surface area contributed by atoms with Gasteiger partial charge in [0.1, 0.15) is 0 Å². The van der Waals surface area contributed by atoms with E-state index in [0.717, 1.165) is 31.2 Å². The van der Waals surface area contributed by atoms with Crippen LogP contribution in [0.25, 0.3) is 5.69 Å². The lowest BCUT2D eigenvalue weighted by molar-refractivity contribution is 0.664. The molecule has 0 saturated heterocycles. The van der Waals surface area contributed by atoms with Gasteiger partial charge in [-0.2, -0.15) is 16.9 Å². The van der Waals surface area contributed by atoms with Crippen LogP contribution in [0.3, 0.4) is 0 Å². The van der Waals surface area contributed by atoms with Crippen LogP contribution in [0, 0.1) is 0 Å². The molecule has 0 amide bonds. The molecule has 0 fully saturated rings. The maximum absolute atomic E-state index is 4.42. The highest BCUT2D eigenvalue weighted by molar-refractivity contribution is 7.99. The molecule has 0 spiro atoms. The highest BCUT2D eigenvalue weighted by Crippen LogP contribution is 2.19. The largest absolute Gasteiger partial charge is 0.356 e. The van der Waals surface area contributed by atoms with Gasteiger partial charge in [-0.3, -0.25) is 4.99 Å². The molecule has 1 heterocycles. The second kappa shape index (κ2) is 8.78. The van der Waals surface area contributed by atoms with Crippen LogP contribution in [0.15, 0.2) is 47.7 Å². The minimum Gasteiger partial charge on any atom is -0.356 e. The van der Waals surface area contributed by atoms with E-state index >= 15 is 0 Å². The van der Waals surface area contributed by atoms with E-state index in [4.69, 9.17) is 0 Å². The van der Waals surface area contributed by atoms with Crippen molar-refractivity contribution in [3.63, 3.8) is 0 Å². The van der Waals surface area contributed by atoms with Gasteiger partial charge in [-0.05, 0) is 44.2 Å². The van der Waals surface area contributed by atoms with E-state index in [9.17, 15) is 0 Å². The zero-order valence-electron chi connectivity index (χ0n) is 14.9. The summed E-state index contributed by atoms with van der Waals surface area (Å²) in [6, 6.07) is 10.1. The first-order chi connectivity index (χ1) is 11.5. The molecule has 0 bridgehead atoms. The Morgan fingerprint density at radius 3 is 2.67 bits per heavy atom. The van der Waals surface area contributed by atoms with Gasteiger partial charge in [-0.25, -0.2) is 4.68 Å². The molecule has 0 aliphatic heterocycles. The third kappa shape index (κ3) is 5.60. The Morgan fingerprint density at radius 1 is 1.25 bits per heavy atom. The number of hydrogen-bond donors (Lipinski definition) is 2. The minimum absolute atomic E-state index is 0.189. The minimum atomic E-state index is 0.189. The molecule has 1 aromatic heterocycles. The molecule has 6 heteroatoms. The summed E-state index contributed by atoms with van der Waals surface area (Å²) >= 11 is 1.84. The molecule has 2 aromatic rings. The van der Waals surface area contributed by atoms with E-state index in [1.165, 1.54) is 5.56 Å². The molecule has 0 radical (unpaired) electrons. The third-order valence-electron chi connectivity index (χ3n) is 3.82. The predicted octanol–water partition coefficient (Wildman–Crippen LogP) is 2.72. The average Bonchev–Trinajstić information content (AvgIpc) is 3.07. The van der Waals surface area contributed by atoms with Crippen LogP contribution in [0.4, 0.5) is 0 Å². The lowest BCUT2D eigenvalue weighted by atomic mass is 10.2. The summed E-state index contributed by atoms with van der Waals surface area (Å²) in [5.41, 5.74) is 2.28. The summed E-state index contributed by atoms with van der Waals surface area (Å²) in [5.74, 6) is 0.840. The van der Waals surface area contributed by atoms with Gasteiger partial charge in [-0.1, -0.05) is 18.2 Å². The second-order valence-corrected chi connectivity index (χ2v) is 7.71. The Labute approximate surface area is 148 Å². The molecule has 1 aromatic carbocycles. The van der Waals surface area contributed by atoms with Crippen LogP contribution < -0.4 is 10.6 Å². The average molecular weight is 346 g/mol. The molecule has 0 aliphatic carbocycles. The Kier molecular flexibility index (Phi) is 6.73. The van der Waals surface area contributed by atoms with Gasteiger partial charge in [0.05, 0.1) is 11.9 Å². The number of aromatic nitrogens is 2. The number of thioether (sulfide) groups is 1. The number of nitrogens with zero attached hydrogens (tertiary/aromatic N) is 3. The number of aliphatic imine (C=N–C) groups is 1. The highest BCUT2D eigenvalue weighted by atomic mass is 32.2. The zero-order valence-corrected chi connectivity index (χ0v) is 15.7. The number of benzene rings is 1. The normalized spacial score (nSPS) is 12.2. The van der Waals surface area contributed by atoms with Gasteiger partial charge in [0.15, 0.2) is 5.96 Å². The van der Waals surface area contributed by atoms with Gasteiger partial charge in [0.2, 0.25) is 0 Å². The third-order valence-corrected chi connectivity index (χ3v) is 5.07. The molecular weight excluding hydrogens is 318 g/mol. The van der Waals surface area contributed by atoms with Crippen LogP contribution in [0.5, 0.6) is 0 Å². The van der Waals surface area contributed by atoms with Gasteiger partial charge in [0, 0.05) is 31.1 Å². The van der Waals surface area contributed by atoms with Crippen molar-refractivity contribution in [2.24, 2.45) is 4.99 Å². The van der Waals surface area contributed by atoms with Gasteiger partial charge in [-0.15, -0.1) is 0 Å². The van der Waals surface area contributed by atoms with Crippen molar-refractivity contribution in [3.8, 4) is 5.69 Å². The fourth-order valence-corrected chi connectivity index (χ4v) is 2.34. The Morgan fingerprint density at radius 2 is 2.00 bits per heavy atom. The van der Waals surface area contributed by atoms with Gasteiger partial charge >= 0.3 is 0 Å². The molecular formula is C18H27N5S. The standard InChI is InChI=1S/C18H27N5S/c1-18(2,24-4)14-21-17(19-3)20-11-10-15-12-22-23(13-15)16-8-6-5-7-9-16/h5-9,12-13H,10-11,14H2,1-4H3,(H2,19,20,21). The van der Waals surface area contributed by atoms with Crippen LogP contribution in [-0.2, 0) is 6.42 Å². The molecule has 0 atom stereocenters. The summed E-state index contributed by atoms with van der Waals surface area (Å²) in [5, 5.41) is 11.2. The molecule has 2 rings (SSSR count). The van der Waals surface area contributed by atoms with Crippen molar-refractivity contribution in [2.45, 2.75) is 25.0 Å². The SMILES string of the molecule is CN=C(NCCc1cnn(-c2ccccc2)c1)NCC(C)(C)SC. The Hall–Kier alpha value is -1.95. The molecule has 2 N–H and O–H groups in total. The highest BCUT2D eigenvalue weighted by Gasteiger charge is 2.15. The molecule has 130 valence electrons. The van der Waals surface area contributed by atoms with E-state index in [0.29, 0.717) is 0 Å². The van der Waals surface area contributed by atoms with Crippen LogP contribution in [-0.4, -0.2) is 46.9 Å². The van der Waals surface area contributed by atoms with Crippen molar-refractivity contribution in [1.82, 2.24) is 20.4 Å². The Bertz CT molecular complexity index is 648. The van der Waals surface area contributed by atoms with E-state index in [1.807, 2.05) is 53.0 Å². The number of para-hydroxylation sites is 1. The van der Waals surface area contributed by atoms with Crippen molar-refractivity contribution in [2.75, 3.05) is 26.4 Å². The topological polar surface area (TPSA) is 54.2 Å². The first-order valence-corrected chi connectivity index (χ1v) is 9.35. The fourth-order valence-electron chi connectivity index (χ4n) is 2.13. The van der Waals surface area contributed by atoms with Crippen LogP contribution >= 0.6 is 11.8 Å². The first kappa shape index (κ1) is 18.4. The number of nitrogens with one attached hydrogen (secondary N) is 2. The first-order valence-electron chi connectivity index (χ1n) is 8.13. The lowest BCUT2D eigenvalue weighted by Gasteiger charge is -2.23. The molecule has 0 aliphatic rings. The van der Waals surface area contributed by atoms with Crippen molar-refractivity contribution in [3.05, 3.63) is 48.3 Å². The van der Waals surface area contributed by atoms with E-state index in [-0.39, 0.29) is 4.75 Å². The maximum atomic E-state index is 4.42. The summed E-state index contributed by atoms with van der Waals surface area (Å²) in [7, 11) is 1.80. The Balaban J connectivity index is 1.80. The van der Waals surface area contributed by atoms with E-state index in [1.54, 1.807) is 7.05 Å². The molecule has 0 saturated carbocycles.